The van der Waals surface area contributed by atoms with Crippen LogP contribution in [0, 0.1) is 0 Å². The van der Waals surface area contributed by atoms with Crippen molar-refractivity contribution >= 4 is 11.0 Å². The van der Waals surface area contributed by atoms with Crippen LogP contribution in [0.15, 0.2) is 75.0 Å². The number of nitrogens with one attached hydrogen (secondary N) is 1. The number of aromatic nitrogens is 3. The Morgan fingerprint density at radius 3 is 2.87 bits per heavy atom. The van der Waals surface area contributed by atoms with E-state index in [2.05, 4.69) is 14.9 Å². The Hall–Kier alpha value is -3.58. The van der Waals surface area contributed by atoms with Crippen molar-refractivity contribution in [2.24, 2.45) is 0 Å². The smallest absolute Gasteiger partial charge is 0.251 e. The maximum absolute atomic E-state index is 12.8. The van der Waals surface area contributed by atoms with Gasteiger partial charge in [0.05, 0.1) is 17.3 Å². The monoisotopic (exact) mass is 414 g/mol. The molecule has 1 N–H and O–H groups in total. The van der Waals surface area contributed by atoms with Crippen LogP contribution in [0.3, 0.4) is 0 Å². The molecule has 1 saturated heterocycles. The summed E-state index contributed by atoms with van der Waals surface area (Å²) in [6, 6.07) is 14.4. The molecule has 1 atom stereocenters. The van der Waals surface area contributed by atoms with Gasteiger partial charge in [0.25, 0.3) is 5.56 Å². The first-order valence-corrected chi connectivity index (χ1v) is 10.4. The molecule has 1 fully saturated rings. The van der Waals surface area contributed by atoms with Gasteiger partial charge in [-0.2, -0.15) is 0 Å². The minimum absolute atomic E-state index is 0.00990. The number of likely N-dealkylation sites (tertiary alicyclic amines) is 1. The molecular formula is C24H22N4O3. The summed E-state index contributed by atoms with van der Waals surface area (Å²) < 4.78 is 5.67. The van der Waals surface area contributed by atoms with Crippen LogP contribution in [-0.4, -0.2) is 32.9 Å². The van der Waals surface area contributed by atoms with Crippen LogP contribution in [0.2, 0.25) is 0 Å². The quantitative estimate of drug-likeness (QED) is 0.551. The van der Waals surface area contributed by atoms with Crippen molar-refractivity contribution in [3.05, 3.63) is 92.8 Å². The highest BCUT2D eigenvalue weighted by molar-refractivity contribution is 5.76. The van der Waals surface area contributed by atoms with Crippen LogP contribution in [0.5, 0.6) is 0 Å². The van der Waals surface area contributed by atoms with Crippen molar-refractivity contribution < 1.29 is 4.42 Å². The second-order valence-corrected chi connectivity index (χ2v) is 7.89. The van der Waals surface area contributed by atoms with Gasteiger partial charge in [-0.15, -0.1) is 0 Å². The van der Waals surface area contributed by atoms with Crippen LogP contribution in [0.25, 0.3) is 22.5 Å². The summed E-state index contributed by atoms with van der Waals surface area (Å²) in [5.41, 5.74) is 2.48. The number of hydrogen-bond donors (Lipinski definition) is 1. The number of para-hydroxylation sites is 1. The summed E-state index contributed by atoms with van der Waals surface area (Å²) >= 11 is 0. The molecule has 1 aromatic carbocycles. The van der Waals surface area contributed by atoms with Gasteiger partial charge < -0.3 is 9.40 Å². The number of fused-ring (bicyclic) bond motifs is 1. The van der Waals surface area contributed by atoms with Gasteiger partial charge in [-0.05, 0) is 43.7 Å². The topological polar surface area (TPSA) is 92.1 Å². The van der Waals surface area contributed by atoms with E-state index in [1.54, 1.807) is 30.7 Å². The lowest BCUT2D eigenvalue weighted by molar-refractivity contribution is 0.197. The molecule has 4 heterocycles. The third-order valence-corrected chi connectivity index (χ3v) is 5.74. The van der Waals surface area contributed by atoms with Crippen molar-refractivity contribution in [2.75, 3.05) is 13.1 Å². The summed E-state index contributed by atoms with van der Waals surface area (Å²) in [5.74, 6) is 0.599. The lowest BCUT2D eigenvalue weighted by atomic mass is 9.94. The number of hydrogen-bond acceptors (Lipinski definition) is 6. The van der Waals surface area contributed by atoms with Crippen LogP contribution in [0.1, 0.15) is 30.0 Å². The third-order valence-electron chi connectivity index (χ3n) is 5.74. The number of aromatic amines is 1. The van der Waals surface area contributed by atoms with E-state index in [1.165, 1.54) is 0 Å². The Labute approximate surface area is 178 Å². The van der Waals surface area contributed by atoms with Gasteiger partial charge in [-0.3, -0.25) is 19.5 Å². The average Bonchev–Trinajstić information content (AvgIpc) is 2.81. The van der Waals surface area contributed by atoms with Crippen molar-refractivity contribution in [2.45, 2.75) is 25.3 Å². The van der Waals surface area contributed by atoms with Crippen molar-refractivity contribution in [3.8, 4) is 11.5 Å². The van der Waals surface area contributed by atoms with Gasteiger partial charge in [0.2, 0.25) is 0 Å². The van der Waals surface area contributed by atoms with Gasteiger partial charge in [0.1, 0.15) is 11.3 Å². The molecule has 1 aliphatic heterocycles. The van der Waals surface area contributed by atoms with E-state index in [0.29, 0.717) is 34.6 Å². The predicted octanol–water partition coefficient (Wildman–Crippen LogP) is 3.32. The second kappa shape index (κ2) is 8.28. The number of rotatable bonds is 4. The van der Waals surface area contributed by atoms with Gasteiger partial charge in [-0.25, -0.2) is 4.98 Å². The fourth-order valence-corrected chi connectivity index (χ4v) is 4.22. The first kappa shape index (κ1) is 19.4. The Morgan fingerprint density at radius 1 is 1.13 bits per heavy atom. The van der Waals surface area contributed by atoms with Crippen LogP contribution >= 0.6 is 0 Å². The number of benzene rings is 1. The summed E-state index contributed by atoms with van der Waals surface area (Å²) in [7, 11) is 0. The second-order valence-electron chi connectivity index (χ2n) is 7.89. The molecule has 1 aliphatic rings. The SMILES string of the molecule is O=c1cc(C2CCCN(Cc3coc4ccccc4c3=O)C2)nc(-c2ccccn2)[nH]1. The zero-order valence-corrected chi connectivity index (χ0v) is 17.0. The number of piperidine rings is 1. The Balaban J connectivity index is 1.39. The molecule has 1 unspecified atom stereocenters. The van der Waals surface area contributed by atoms with E-state index >= 15 is 0 Å². The molecule has 0 amide bonds. The number of H-pyrrole nitrogens is 1. The van der Waals surface area contributed by atoms with Crippen molar-refractivity contribution in [3.63, 3.8) is 0 Å². The molecule has 0 bridgehead atoms. The Bertz CT molecular complexity index is 1330. The molecule has 0 radical (unpaired) electrons. The standard InChI is InChI=1S/C24H22N4O3/c29-22-12-20(26-24(27-22)19-8-3-4-10-25-19)16-6-5-11-28(13-16)14-17-15-31-21-9-2-1-7-18(21)23(17)30/h1-4,7-10,12,15-16H,5-6,11,13-14H2,(H,26,27,29). The van der Waals surface area contributed by atoms with Crippen molar-refractivity contribution in [1.82, 2.24) is 19.9 Å². The molecule has 4 aromatic rings. The molecule has 0 aliphatic carbocycles. The molecule has 0 saturated carbocycles. The van der Waals surface area contributed by atoms with Gasteiger partial charge in [0, 0.05) is 36.8 Å². The van der Waals surface area contributed by atoms with Crippen LogP contribution in [0.4, 0.5) is 0 Å². The van der Waals surface area contributed by atoms with E-state index in [9.17, 15) is 9.59 Å². The maximum Gasteiger partial charge on any atom is 0.251 e. The van der Waals surface area contributed by atoms with E-state index in [0.717, 1.165) is 31.6 Å². The molecular weight excluding hydrogens is 392 g/mol. The summed E-state index contributed by atoms with van der Waals surface area (Å²) in [4.78, 5) is 39.1. The first-order valence-electron chi connectivity index (χ1n) is 10.4. The predicted molar refractivity (Wildman–Crippen MR) is 118 cm³/mol. The van der Waals surface area contributed by atoms with E-state index in [4.69, 9.17) is 9.40 Å². The molecule has 7 heteroatoms. The Morgan fingerprint density at radius 2 is 2.00 bits per heavy atom. The summed E-state index contributed by atoms with van der Waals surface area (Å²) in [6.07, 6.45) is 5.16. The van der Waals surface area contributed by atoms with Crippen LogP contribution < -0.4 is 11.0 Å². The largest absolute Gasteiger partial charge is 0.464 e. The zero-order chi connectivity index (χ0) is 21.2. The molecule has 156 valence electrons. The van der Waals surface area contributed by atoms with E-state index < -0.39 is 0 Å². The normalized spacial score (nSPS) is 17.1. The fourth-order valence-electron chi connectivity index (χ4n) is 4.22. The van der Waals surface area contributed by atoms with Gasteiger partial charge in [0.15, 0.2) is 11.3 Å². The minimum Gasteiger partial charge on any atom is -0.464 e. The lowest BCUT2D eigenvalue weighted by Crippen LogP contribution is -2.36. The fraction of sp³-hybridized carbons (Fsp3) is 0.250. The van der Waals surface area contributed by atoms with E-state index in [1.807, 2.05) is 30.3 Å². The maximum atomic E-state index is 12.8. The molecule has 31 heavy (non-hydrogen) atoms. The highest BCUT2D eigenvalue weighted by Gasteiger charge is 2.24. The minimum atomic E-state index is -0.182. The number of nitrogens with zero attached hydrogens (tertiary/aromatic N) is 3. The average molecular weight is 414 g/mol. The molecule has 0 spiro atoms. The zero-order valence-electron chi connectivity index (χ0n) is 17.0. The summed E-state index contributed by atoms with van der Waals surface area (Å²) in [5, 5.41) is 0.602. The molecule has 7 nitrogen and oxygen atoms in total. The van der Waals surface area contributed by atoms with Crippen molar-refractivity contribution in [1.29, 1.82) is 0 Å². The Kier molecular flexibility index (Phi) is 5.18. The molecule has 5 rings (SSSR count). The number of pyridine rings is 1. The summed E-state index contributed by atoms with van der Waals surface area (Å²) in [6.45, 7) is 2.13. The van der Waals surface area contributed by atoms with Crippen LogP contribution in [-0.2, 0) is 6.54 Å². The lowest BCUT2D eigenvalue weighted by Gasteiger charge is -2.32. The third kappa shape index (κ3) is 4.04. The first-order chi connectivity index (χ1) is 15.2. The van der Waals surface area contributed by atoms with Gasteiger partial charge >= 0.3 is 0 Å². The van der Waals surface area contributed by atoms with E-state index in [-0.39, 0.29) is 16.9 Å². The highest BCUT2D eigenvalue weighted by atomic mass is 16.3. The van der Waals surface area contributed by atoms with Gasteiger partial charge in [-0.1, -0.05) is 18.2 Å². The highest BCUT2D eigenvalue weighted by Crippen LogP contribution is 2.27. The molecule has 3 aromatic heterocycles.